The van der Waals surface area contributed by atoms with Crippen LogP contribution in [0.15, 0.2) is 12.4 Å². The first-order valence-electron chi connectivity index (χ1n) is 4.37. The first-order valence-corrected chi connectivity index (χ1v) is 4.37. The highest BCUT2D eigenvalue weighted by molar-refractivity contribution is 5.20. The van der Waals surface area contributed by atoms with Gasteiger partial charge in [0.2, 0.25) is 0 Å². The highest BCUT2D eigenvalue weighted by atomic mass is 16.6. The zero-order valence-corrected chi connectivity index (χ0v) is 7.80. The molecule has 0 N–H and O–H groups in total. The molecule has 13 heavy (non-hydrogen) atoms. The number of nitrogens with zero attached hydrogens (tertiary/aromatic N) is 3. The number of aromatic nitrogens is 2. The largest absolute Gasteiger partial charge is 0.307 e. The number of rotatable bonds is 4. The zero-order valence-electron chi connectivity index (χ0n) is 7.80. The molecule has 0 radical (unpaired) electrons. The van der Waals surface area contributed by atoms with Crippen LogP contribution in [0, 0.1) is 10.1 Å². The van der Waals surface area contributed by atoms with Gasteiger partial charge in [-0.25, -0.2) is 0 Å². The molecule has 0 aliphatic heterocycles. The van der Waals surface area contributed by atoms with Crippen molar-refractivity contribution >= 4 is 5.69 Å². The molecular formula is C8H13N3O2. The van der Waals surface area contributed by atoms with Crippen LogP contribution in [0.4, 0.5) is 5.69 Å². The van der Waals surface area contributed by atoms with Crippen LogP contribution >= 0.6 is 0 Å². The van der Waals surface area contributed by atoms with E-state index in [2.05, 4.69) is 5.10 Å². The second-order valence-electron chi connectivity index (χ2n) is 2.91. The van der Waals surface area contributed by atoms with Gasteiger partial charge >= 0.3 is 5.69 Å². The van der Waals surface area contributed by atoms with Crippen molar-refractivity contribution in [2.45, 2.75) is 32.7 Å². The molecule has 0 saturated carbocycles. The van der Waals surface area contributed by atoms with Crippen LogP contribution in [0.5, 0.6) is 0 Å². The van der Waals surface area contributed by atoms with Crippen LogP contribution in [-0.2, 0) is 0 Å². The van der Waals surface area contributed by atoms with Gasteiger partial charge in [-0.15, -0.1) is 0 Å². The molecule has 0 saturated heterocycles. The van der Waals surface area contributed by atoms with Gasteiger partial charge in [-0.05, 0) is 12.8 Å². The molecule has 0 aliphatic rings. The van der Waals surface area contributed by atoms with E-state index < -0.39 is 4.92 Å². The van der Waals surface area contributed by atoms with E-state index in [1.807, 2.05) is 13.8 Å². The molecule has 72 valence electrons. The molecule has 5 nitrogen and oxygen atoms in total. The SMILES string of the molecule is CCC(CC)n1cc([N+](=O)[O-])cn1. The second-order valence-corrected chi connectivity index (χ2v) is 2.91. The highest BCUT2D eigenvalue weighted by Crippen LogP contribution is 2.17. The summed E-state index contributed by atoms with van der Waals surface area (Å²) >= 11 is 0. The van der Waals surface area contributed by atoms with Gasteiger partial charge in [0, 0.05) is 0 Å². The summed E-state index contributed by atoms with van der Waals surface area (Å²) < 4.78 is 1.66. The molecule has 1 rings (SSSR count). The van der Waals surface area contributed by atoms with E-state index in [0.29, 0.717) is 0 Å². The van der Waals surface area contributed by atoms with Crippen molar-refractivity contribution < 1.29 is 4.92 Å². The maximum atomic E-state index is 10.4. The Morgan fingerprint density at radius 2 is 2.23 bits per heavy atom. The number of hydrogen-bond acceptors (Lipinski definition) is 3. The van der Waals surface area contributed by atoms with Gasteiger partial charge in [0.1, 0.15) is 12.4 Å². The van der Waals surface area contributed by atoms with E-state index in [1.54, 1.807) is 4.68 Å². The average molecular weight is 183 g/mol. The van der Waals surface area contributed by atoms with Crippen molar-refractivity contribution in [3.8, 4) is 0 Å². The molecule has 1 aromatic heterocycles. The van der Waals surface area contributed by atoms with Gasteiger partial charge in [-0.2, -0.15) is 5.10 Å². The molecule has 5 heteroatoms. The van der Waals surface area contributed by atoms with Crippen LogP contribution in [0.3, 0.4) is 0 Å². The van der Waals surface area contributed by atoms with Crippen LogP contribution in [0.1, 0.15) is 32.7 Å². The summed E-state index contributed by atoms with van der Waals surface area (Å²) in [6.07, 6.45) is 4.65. The fraction of sp³-hybridized carbons (Fsp3) is 0.625. The van der Waals surface area contributed by atoms with E-state index in [9.17, 15) is 10.1 Å². The third-order valence-corrected chi connectivity index (χ3v) is 2.12. The molecule has 1 aromatic rings. The lowest BCUT2D eigenvalue weighted by atomic mass is 10.2. The summed E-state index contributed by atoms with van der Waals surface area (Å²) in [5, 5.41) is 14.3. The minimum absolute atomic E-state index is 0.0619. The van der Waals surface area contributed by atoms with Crippen LogP contribution < -0.4 is 0 Å². The molecule has 0 aliphatic carbocycles. The smallest absolute Gasteiger partial charge is 0.263 e. The van der Waals surface area contributed by atoms with Crippen molar-refractivity contribution in [1.82, 2.24) is 9.78 Å². The standard InChI is InChI=1S/C8H13N3O2/c1-3-7(4-2)10-6-8(5-9-10)11(12)13/h5-7H,3-4H2,1-2H3. The average Bonchev–Trinajstić information content (AvgIpc) is 2.56. The van der Waals surface area contributed by atoms with E-state index in [0.717, 1.165) is 12.8 Å². The molecule has 0 aromatic carbocycles. The summed E-state index contributed by atoms with van der Waals surface area (Å²) in [7, 11) is 0. The van der Waals surface area contributed by atoms with E-state index >= 15 is 0 Å². The monoisotopic (exact) mass is 183 g/mol. The van der Waals surface area contributed by atoms with Crippen LogP contribution in [-0.4, -0.2) is 14.7 Å². The molecule has 1 heterocycles. The predicted octanol–water partition coefficient (Wildman–Crippen LogP) is 2.15. The fourth-order valence-corrected chi connectivity index (χ4v) is 1.28. The molecule has 0 unspecified atom stereocenters. The lowest BCUT2D eigenvalue weighted by Gasteiger charge is -2.11. The summed E-state index contributed by atoms with van der Waals surface area (Å²) in [6.45, 7) is 4.09. The zero-order chi connectivity index (χ0) is 9.84. The fourth-order valence-electron chi connectivity index (χ4n) is 1.28. The predicted molar refractivity (Wildman–Crippen MR) is 48.5 cm³/mol. The van der Waals surface area contributed by atoms with Crippen molar-refractivity contribution in [1.29, 1.82) is 0 Å². The molecule has 0 atom stereocenters. The van der Waals surface area contributed by atoms with Crippen molar-refractivity contribution in [2.75, 3.05) is 0 Å². The Morgan fingerprint density at radius 1 is 1.62 bits per heavy atom. The molecule has 0 bridgehead atoms. The van der Waals surface area contributed by atoms with Gasteiger partial charge < -0.3 is 0 Å². The first-order chi connectivity index (χ1) is 6.19. The minimum atomic E-state index is -0.425. The van der Waals surface area contributed by atoms with Crippen molar-refractivity contribution in [3.63, 3.8) is 0 Å². The first kappa shape index (κ1) is 9.70. The van der Waals surface area contributed by atoms with E-state index in [4.69, 9.17) is 0 Å². The molecular weight excluding hydrogens is 170 g/mol. The van der Waals surface area contributed by atoms with Gasteiger partial charge in [-0.1, -0.05) is 13.8 Å². The molecule has 0 spiro atoms. The summed E-state index contributed by atoms with van der Waals surface area (Å²) in [4.78, 5) is 9.94. The number of nitro groups is 1. The Morgan fingerprint density at radius 3 is 2.62 bits per heavy atom. The third-order valence-electron chi connectivity index (χ3n) is 2.12. The molecule has 0 amide bonds. The van der Waals surface area contributed by atoms with E-state index in [-0.39, 0.29) is 11.7 Å². The van der Waals surface area contributed by atoms with Crippen LogP contribution in [0.25, 0.3) is 0 Å². The minimum Gasteiger partial charge on any atom is -0.263 e. The maximum Gasteiger partial charge on any atom is 0.307 e. The van der Waals surface area contributed by atoms with Crippen LogP contribution in [0.2, 0.25) is 0 Å². The maximum absolute atomic E-state index is 10.4. The quantitative estimate of drug-likeness (QED) is 0.530. The Bertz CT molecular complexity index is 291. The Hall–Kier alpha value is -1.39. The van der Waals surface area contributed by atoms with Gasteiger partial charge in [-0.3, -0.25) is 14.8 Å². The van der Waals surface area contributed by atoms with E-state index in [1.165, 1.54) is 12.4 Å². The Kier molecular flexibility index (Phi) is 3.00. The third kappa shape index (κ3) is 2.05. The van der Waals surface area contributed by atoms with Gasteiger partial charge in [0.15, 0.2) is 0 Å². The second kappa shape index (κ2) is 4.02. The van der Waals surface area contributed by atoms with Crippen molar-refractivity contribution in [3.05, 3.63) is 22.5 Å². The lowest BCUT2D eigenvalue weighted by molar-refractivity contribution is -0.385. The topological polar surface area (TPSA) is 61.0 Å². The lowest BCUT2D eigenvalue weighted by Crippen LogP contribution is -2.06. The summed E-state index contributed by atoms with van der Waals surface area (Å²) in [5.74, 6) is 0. The Labute approximate surface area is 76.5 Å². The van der Waals surface area contributed by atoms with Crippen molar-refractivity contribution in [2.24, 2.45) is 0 Å². The Balaban J connectivity index is 2.84. The van der Waals surface area contributed by atoms with Gasteiger partial charge in [0.25, 0.3) is 0 Å². The molecule has 0 fully saturated rings. The summed E-state index contributed by atoms with van der Waals surface area (Å²) in [6, 6.07) is 0.272. The summed E-state index contributed by atoms with van der Waals surface area (Å²) in [5.41, 5.74) is 0.0619. The van der Waals surface area contributed by atoms with Gasteiger partial charge in [0.05, 0.1) is 11.0 Å². The normalized spacial score (nSPS) is 10.7. The highest BCUT2D eigenvalue weighted by Gasteiger charge is 2.13. The number of hydrogen-bond donors (Lipinski definition) is 0.